The molecule has 4 heteroatoms. The highest BCUT2D eigenvalue weighted by atomic mass is 16.7. The summed E-state index contributed by atoms with van der Waals surface area (Å²) >= 11 is 0. The van der Waals surface area contributed by atoms with E-state index in [4.69, 9.17) is 4.84 Å². The summed E-state index contributed by atoms with van der Waals surface area (Å²) in [4.78, 5) is 17.5. The topological polar surface area (TPSA) is 43.6 Å². The molecule has 0 amide bonds. The van der Waals surface area contributed by atoms with Crippen molar-refractivity contribution in [2.75, 3.05) is 0 Å². The van der Waals surface area contributed by atoms with Gasteiger partial charge in [0.25, 0.3) is 0 Å². The molecule has 2 aromatic carbocycles. The van der Waals surface area contributed by atoms with Crippen LogP contribution in [0, 0.1) is 12.3 Å². The Hall–Kier alpha value is -3.40. The van der Waals surface area contributed by atoms with Crippen molar-refractivity contribution in [2.45, 2.75) is 33.6 Å². The van der Waals surface area contributed by atoms with Gasteiger partial charge >= 0.3 is 5.97 Å². The Morgan fingerprint density at radius 1 is 1.03 bits per heavy atom. The van der Waals surface area contributed by atoms with Crippen molar-refractivity contribution >= 4 is 17.8 Å². The quantitative estimate of drug-likeness (QED) is 0.320. The van der Waals surface area contributed by atoms with E-state index in [0.29, 0.717) is 0 Å². The molecule has 4 nitrogen and oxygen atoms in total. The molecule has 0 unspecified atom stereocenters. The number of hydrogen-bond donors (Lipinski definition) is 0. The highest BCUT2D eigenvalue weighted by Gasteiger charge is 2.33. The van der Waals surface area contributed by atoms with Crippen molar-refractivity contribution in [3.05, 3.63) is 95.3 Å². The smallest absolute Gasteiger partial charge is 0.318 e. The number of aromatic nitrogens is 1. The number of carbonyl (C=O) groups is 1. The molecule has 4 rings (SSSR count). The van der Waals surface area contributed by atoms with Gasteiger partial charge in [-0.25, -0.2) is 4.79 Å². The van der Waals surface area contributed by atoms with E-state index in [0.717, 1.165) is 41.1 Å². The van der Waals surface area contributed by atoms with Gasteiger partial charge in [-0.3, -0.25) is 0 Å². The number of hydrogen-bond acceptors (Lipinski definition) is 3. The first-order chi connectivity index (χ1) is 14.4. The Labute approximate surface area is 177 Å². The third-order valence-electron chi connectivity index (χ3n) is 5.36. The molecule has 0 radical (unpaired) electrons. The maximum Gasteiger partial charge on any atom is 0.358 e. The molecule has 1 aliphatic rings. The first-order valence-corrected chi connectivity index (χ1v) is 10.2. The molecule has 0 N–H and O–H groups in total. The number of benzene rings is 2. The second-order valence-electron chi connectivity index (χ2n) is 8.53. The van der Waals surface area contributed by atoms with Gasteiger partial charge in [-0.05, 0) is 55.0 Å². The van der Waals surface area contributed by atoms with Crippen LogP contribution in [0.3, 0.4) is 0 Å². The van der Waals surface area contributed by atoms with Crippen molar-refractivity contribution in [1.29, 1.82) is 0 Å². The highest BCUT2D eigenvalue weighted by molar-refractivity contribution is 6.03. The Morgan fingerprint density at radius 2 is 1.70 bits per heavy atom. The Bertz CT molecular complexity index is 1110. The molecule has 0 atom stereocenters. The van der Waals surface area contributed by atoms with Crippen LogP contribution >= 0.6 is 0 Å². The van der Waals surface area contributed by atoms with E-state index in [1.54, 1.807) is 6.08 Å². The van der Waals surface area contributed by atoms with Gasteiger partial charge < -0.3 is 9.40 Å². The van der Waals surface area contributed by atoms with Gasteiger partial charge in [-0.15, -0.1) is 0 Å². The van der Waals surface area contributed by atoms with Gasteiger partial charge in [0.05, 0.1) is 5.71 Å². The molecule has 0 spiro atoms. The van der Waals surface area contributed by atoms with Crippen LogP contribution in [-0.2, 0) is 16.1 Å². The zero-order chi connectivity index (χ0) is 21.1. The molecule has 0 saturated heterocycles. The number of nitrogens with zero attached hydrogens (tertiary/aromatic N) is 2. The third kappa shape index (κ3) is 4.28. The van der Waals surface area contributed by atoms with Crippen LogP contribution in [0.15, 0.2) is 78.0 Å². The van der Waals surface area contributed by atoms with Gasteiger partial charge in [-0.2, -0.15) is 0 Å². The number of aryl methyl sites for hydroxylation is 1. The van der Waals surface area contributed by atoms with Crippen molar-refractivity contribution in [1.82, 2.24) is 4.57 Å². The summed E-state index contributed by atoms with van der Waals surface area (Å²) in [6.45, 7) is 6.55. The van der Waals surface area contributed by atoms with Gasteiger partial charge in [0.15, 0.2) is 0 Å². The summed E-state index contributed by atoms with van der Waals surface area (Å²) in [6.07, 6.45) is 4.84. The molecular formula is C26H26N2O2. The Morgan fingerprint density at radius 3 is 2.40 bits per heavy atom. The lowest BCUT2D eigenvalue weighted by Crippen LogP contribution is -2.28. The zero-order valence-electron chi connectivity index (χ0n) is 17.6. The summed E-state index contributed by atoms with van der Waals surface area (Å²) in [5, 5.41) is 4.28. The Balaban J connectivity index is 1.62. The van der Waals surface area contributed by atoms with Crippen molar-refractivity contribution in [2.24, 2.45) is 10.6 Å². The minimum Gasteiger partial charge on any atom is -0.318 e. The summed E-state index contributed by atoms with van der Waals surface area (Å²) in [6, 6.07) is 22.1. The zero-order valence-corrected chi connectivity index (χ0v) is 17.6. The molecule has 0 aliphatic heterocycles. The summed E-state index contributed by atoms with van der Waals surface area (Å²) in [5.74, 6) is -0.476. The van der Waals surface area contributed by atoms with E-state index in [2.05, 4.69) is 48.7 Å². The molecule has 0 saturated carbocycles. The normalized spacial score (nSPS) is 16.6. The summed E-state index contributed by atoms with van der Waals surface area (Å²) < 4.78 is 2.28. The van der Waals surface area contributed by atoms with Crippen LogP contribution < -0.4 is 0 Å². The van der Waals surface area contributed by atoms with E-state index in [9.17, 15) is 4.79 Å². The second kappa shape index (κ2) is 8.15. The SMILES string of the molecule is Cc1cc2c(n1-c1ccccc1)CC(C)(C)C/C2=N\OC(=O)/C=C/c1ccccc1. The predicted octanol–water partition coefficient (Wildman–Crippen LogP) is 5.72. The average Bonchev–Trinajstić information content (AvgIpc) is 3.06. The molecule has 30 heavy (non-hydrogen) atoms. The average molecular weight is 399 g/mol. The lowest BCUT2D eigenvalue weighted by atomic mass is 9.76. The number of fused-ring (bicyclic) bond motifs is 1. The van der Waals surface area contributed by atoms with Crippen LogP contribution in [0.1, 0.15) is 42.8 Å². The number of rotatable bonds is 4. The van der Waals surface area contributed by atoms with Gasteiger partial charge in [0, 0.05) is 28.7 Å². The molecule has 1 aromatic heterocycles. The minimum absolute atomic E-state index is 0.0233. The summed E-state index contributed by atoms with van der Waals surface area (Å²) in [7, 11) is 0. The van der Waals surface area contributed by atoms with Gasteiger partial charge in [0.1, 0.15) is 0 Å². The fraction of sp³-hybridized carbons (Fsp3) is 0.231. The molecule has 152 valence electrons. The number of para-hydroxylation sites is 1. The Kier molecular flexibility index (Phi) is 5.40. The van der Waals surface area contributed by atoms with Crippen molar-refractivity contribution in [3.8, 4) is 5.69 Å². The van der Waals surface area contributed by atoms with E-state index in [-0.39, 0.29) is 5.41 Å². The molecule has 1 aliphatic carbocycles. The maximum atomic E-state index is 12.2. The van der Waals surface area contributed by atoms with Crippen LogP contribution in [-0.4, -0.2) is 16.2 Å². The predicted molar refractivity (Wildman–Crippen MR) is 121 cm³/mol. The number of oxime groups is 1. The fourth-order valence-corrected chi connectivity index (χ4v) is 4.06. The van der Waals surface area contributed by atoms with Crippen LogP contribution in [0.4, 0.5) is 0 Å². The lowest BCUT2D eigenvalue weighted by Gasteiger charge is -2.31. The number of carbonyl (C=O) groups excluding carboxylic acids is 1. The second-order valence-corrected chi connectivity index (χ2v) is 8.53. The largest absolute Gasteiger partial charge is 0.358 e. The molecule has 3 aromatic rings. The molecule has 1 heterocycles. The van der Waals surface area contributed by atoms with E-state index in [1.165, 1.54) is 11.8 Å². The standard InChI is InChI=1S/C26H26N2O2/c1-19-16-22-23(27-30-25(29)15-14-20-10-6-4-7-11-20)17-26(2,3)18-24(22)28(19)21-12-8-5-9-13-21/h4-16H,17-18H2,1-3H3/b15-14+,27-23+. The summed E-state index contributed by atoms with van der Waals surface area (Å²) in [5.41, 5.74) is 6.34. The lowest BCUT2D eigenvalue weighted by molar-refractivity contribution is -0.137. The van der Waals surface area contributed by atoms with Gasteiger partial charge in [0.2, 0.25) is 0 Å². The van der Waals surface area contributed by atoms with Crippen LogP contribution in [0.2, 0.25) is 0 Å². The molecule has 0 fully saturated rings. The highest BCUT2D eigenvalue weighted by Crippen LogP contribution is 2.38. The third-order valence-corrected chi connectivity index (χ3v) is 5.36. The van der Waals surface area contributed by atoms with Crippen molar-refractivity contribution < 1.29 is 9.63 Å². The van der Waals surface area contributed by atoms with E-state index < -0.39 is 5.97 Å². The van der Waals surface area contributed by atoms with Crippen LogP contribution in [0.25, 0.3) is 11.8 Å². The van der Waals surface area contributed by atoms with Gasteiger partial charge in [-0.1, -0.05) is 67.5 Å². The fourth-order valence-electron chi connectivity index (χ4n) is 4.06. The van der Waals surface area contributed by atoms with E-state index >= 15 is 0 Å². The minimum atomic E-state index is -0.476. The monoisotopic (exact) mass is 398 g/mol. The molecule has 0 bridgehead atoms. The van der Waals surface area contributed by atoms with E-state index in [1.807, 2.05) is 48.5 Å². The van der Waals surface area contributed by atoms with Crippen LogP contribution in [0.5, 0.6) is 0 Å². The first kappa shape index (κ1) is 19.9. The maximum absolute atomic E-state index is 12.2. The van der Waals surface area contributed by atoms with Crippen molar-refractivity contribution in [3.63, 3.8) is 0 Å². The molecular weight excluding hydrogens is 372 g/mol. The first-order valence-electron chi connectivity index (χ1n) is 10.2.